The first kappa shape index (κ1) is 15.5. The van der Waals surface area contributed by atoms with Gasteiger partial charge in [-0.15, -0.1) is 0 Å². The predicted molar refractivity (Wildman–Crippen MR) is 72.7 cm³/mol. The first-order chi connectivity index (χ1) is 10.7. The summed E-state index contributed by atoms with van der Waals surface area (Å²) >= 11 is 0. The van der Waals surface area contributed by atoms with Crippen molar-refractivity contribution in [1.29, 1.82) is 0 Å². The molecule has 1 fully saturated rings. The molecule has 3 heterocycles. The lowest BCUT2D eigenvalue weighted by Crippen LogP contribution is -2.33. The maximum Gasteiger partial charge on any atom is 0.433 e. The summed E-state index contributed by atoms with van der Waals surface area (Å²) in [6, 6.07) is 0.921. The van der Waals surface area contributed by atoms with Gasteiger partial charge in [0, 0.05) is 19.2 Å². The molecule has 0 spiro atoms. The molecule has 10 heteroatoms. The Bertz CT molecular complexity index is 760. The van der Waals surface area contributed by atoms with E-state index in [2.05, 4.69) is 15.1 Å². The second-order valence-corrected chi connectivity index (χ2v) is 5.69. The number of esters is 1. The lowest BCUT2D eigenvalue weighted by atomic mass is 9.90. The highest BCUT2D eigenvalue weighted by Gasteiger charge is 2.43. The number of hydrogen-bond acceptors (Lipinski definition) is 6. The number of nitrogens with zero attached hydrogens (tertiary/aromatic N) is 5. The number of rotatable bonds is 2. The number of halogens is 3. The maximum absolute atomic E-state index is 13.0. The van der Waals surface area contributed by atoms with Gasteiger partial charge in [0.25, 0.3) is 5.78 Å². The first-order valence-electron chi connectivity index (χ1n) is 6.86. The van der Waals surface area contributed by atoms with E-state index >= 15 is 0 Å². The zero-order valence-electron chi connectivity index (χ0n) is 12.5. The Morgan fingerprint density at radius 3 is 2.83 bits per heavy atom. The van der Waals surface area contributed by atoms with Gasteiger partial charge in [-0.3, -0.25) is 4.79 Å². The van der Waals surface area contributed by atoms with Crippen LogP contribution in [0, 0.1) is 5.41 Å². The molecule has 0 N–H and O–H groups in total. The summed E-state index contributed by atoms with van der Waals surface area (Å²) in [4.78, 5) is 20.7. The van der Waals surface area contributed by atoms with Crippen LogP contribution in [0.1, 0.15) is 19.0 Å². The van der Waals surface area contributed by atoms with Crippen LogP contribution in [0.15, 0.2) is 12.4 Å². The van der Waals surface area contributed by atoms with Crippen molar-refractivity contribution in [3.63, 3.8) is 0 Å². The van der Waals surface area contributed by atoms with Crippen molar-refractivity contribution in [2.24, 2.45) is 5.41 Å². The smallest absolute Gasteiger partial charge is 0.433 e. The summed E-state index contributed by atoms with van der Waals surface area (Å²) in [5.41, 5.74) is -1.82. The number of fused-ring (bicyclic) bond motifs is 1. The monoisotopic (exact) mass is 329 g/mol. The Kier molecular flexibility index (Phi) is 3.42. The zero-order chi connectivity index (χ0) is 16.8. The van der Waals surface area contributed by atoms with E-state index in [0.717, 1.165) is 12.4 Å². The minimum absolute atomic E-state index is 0.138. The average molecular weight is 329 g/mol. The molecule has 1 unspecified atom stereocenters. The molecular weight excluding hydrogens is 315 g/mol. The van der Waals surface area contributed by atoms with Crippen LogP contribution >= 0.6 is 0 Å². The van der Waals surface area contributed by atoms with Crippen LogP contribution in [0.25, 0.3) is 5.78 Å². The minimum Gasteiger partial charge on any atom is -0.469 e. The summed E-state index contributed by atoms with van der Waals surface area (Å²) < 4.78 is 45.0. The van der Waals surface area contributed by atoms with Gasteiger partial charge in [0.15, 0.2) is 5.69 Å². The van der Waals surface area contributed by atoms with Crippen molar-refractivity contribution in [1.82, 2.24) is 19.6 Å². The molecule has 124 valence electrons. The highest BCUT2D eigenvalue weighted by Crippen LogP contribution is 2.36. The van der Waals surface area contributed by atoms with Crippen LogP contribution in [0.4, 0.5) is 19.0 Å². The fourth-order valence-corrected chi connectivity index (χ4v) is 2.74. The Labute approximate surface area is 129 Å². The second kappa shape index (κ2) is 5.07. The summed E-state index contributed by atoms with van der Waals surface area (Å²) in [6.07, 6.45) is -2.98. The molecule has 1 saturated heterocycles. The Morgan fingerprint density at radius 2 is 2.17 bits per heavy atom. The molecule has 7 nitrogen and oxygen atoms in total. The van der Waals surface area contributed by atoms with Crippen molar-refractivity contribution in [2.45, 2.75) is 19.5 Å². The van der Waals surface area contributed by atoms with Crippen LogP contribution in [-0.2, 0) is 15.7 Å². The molecule has 2 aromatic rings. The molecule has 0 aromatic carbocycles. The van der Waals surface area contributed by atoms with E-state index in [4.69, 9.17) is 4.74 Å². The number of alkyl halides is 3. The molecule has 0 aliphatic carbocycles. The predicted octanol–water partition coefficient (Wildman–Crippen LogP) is 1.53. The first-order valence-corrected chi connectivity index (χ1v) is 6.86. The van der Waals surface area contributed by atoms with Crippen LogP contribution in [-0.4, -0.2) is 45.8 Å². The molecule has 1 aliphatic heterocycles. The van der Waals surface area contributed by atoms with Crippen molar-refractivity contribution in [3.8, 4) is 0 Å². The third kappa shape index (κ3) is 2.57. The molecule has 2 aromatic heterocycles. The quantitative estimate of drug-likeness (QED) is 0.778. The zero-order valence-corrected chi connectivity index (χ0v) is 12.5. The fourth-order valence-electron chi connectivity index (χ4n) is 2.74. The second-order valence-electron chi connectivity index (χ2n) is 5.69. The van der Waals surface area contributed by atoms with Gasteiger partial charge in [0.05, 0.1) is 12.5 Å². The van der Waals surface area contributed by atoms with Gasteiger partial charge in [-0.25, -0.2) is 4.98 Å². The van der Waals surface area contributed by atoms with E-state index in [9.17, 15) is 18.0 Å². The molecule has 1 aliphatic rings. The number of methoxy groups -OCH3 is 1. The van der Waals surface area contributed by atoms with Crippen LogP contribution in [0.5, 0.6) is 0 Å². The van der Waals surface area contributed by atoms with Crippen molar-refractivity contribution in [3.05, 3.63) is 18.1 Å². The fraction of sp³-hybridized carbons (Fsp3) is 0.538. The van der Waals surface area contributed by atoms with Crippen molar-refractivity contribution < 1.29 is 22.7 Å². The van der Waals surface area contributed by atoms with E-state index in [1.807, 2.05) is 0 Å². The third-order valence-electron chi connectivity index (χ3n) is 4.00. The van der Waals surface area contributed by atoms with Gasteiger partial charge in [-0.2, -0.15) is 27.8 Å². The lowest BCUT2D eigenvalue weighted by Gasteiger charge is -2.23. The molecular formula is C13H14F3N5O2. The molecule has 0 amide bonds. The van der Waals surface area contributed by atoms with Gasteiger partial charge in [-0.05, 0) is 13.3 Å². The molecule has 0 radical (unpaired) electrons. The van der Waals surface area contributed by atoms with Crippen molar-refractivity contribution in [2.75, 3.05) is 25.1 Å². The molecule has 3 rings (SSSR count). The maximum atomic E-state index is 13.0. The standard InChI is InChI=1S/C13H14F3N5O2/c1-12(10(22)23-2)3-4-20(6-12)9-5-8(13(14,15)16)19-11-17-7-18-21(9)11/h5,7H,3-4,6H2,1-2H3. The van der Waals surface area contributed by atoms with E-state index in [0.29, 0.717) is 13.0 Å². The average Bonchev–Trinajstić information content (AvgIpc) is 3.11. The largest absolute Gasteiger partial charge is 0.469 e. The summed E-state index contributed by atoms with van der Waals surface area (Å²) in [6.45, 7) is 2.36. The summed E-state index contributed by atoms with van der Waals surface area (Å²) in [5.74, 6) is -0.325. The number of ether oxygens (including phenoxy) is 1. The Morgan fingerprint density at radius 1 is 1.43 bits per heavy atom. The van der Waals surface area contributed by atoms with Gasteiger partial charge < -0.3 is 9.64 Å². The number of anilines is 1. The highest BCUT2D eigenvalue weighted by atomic mass is 19.4. The summed E-state index contributed by atoms with van der Waals surface area (Å²) in [5, 5.41) is 3.92. The van der Waals surface area contributed by atoms with Crippen LogP contribution < -0.4 is 4.90 Å². The normalized spacial score (nSPS) is 21.9. The van der Waals surface area contributed by atoms with Crippen LogP contribution in [0.2, 0.25) is 0 Å². The SMILES string of the molecule is COC(=O)C1(C)CCN(c2cc(C(F)(F)F)nc3ncnn23)C1. The van der Waals surface area contributed by atoms with Gasteiger partial charge in [-0.1, -0.05) is 0 Å². The highest BCUT2D eigenvalue weighted by molar-refractivity contribution is 5.78. The molecule has 1 atom stereocenters. The van der Waals surface area contributed by atoms with Gasteiger partial charge >= 0.3 is 12.1 Å². The van der Waals surface area contributed by atoms with E-state index in [1.54, 1.807) is 11.8 Å². The minimum atomic E-state index is -4.59. The number of aromatic nitrogens is 4. The van der Waals surface area contributed by atoms with E-state index < -0.39 is 17.3 Å². The van der Waals surface area contributed by atoms with Gasteiger partial charge in [0.1, 0.15) is 12.1 Å². The van der Waals surface area contributed by atoms with Gasteiger partial charge in [0.2, 0.25) is 0 Å². The summed E-state index contributed by atoms with van der Waals surface area (Å²) in [7, 11) is 1.29. The van der Waals surface area contributed by atoms with Crippen LogP contribution in [0.3, 0.4) is 0 Å². The number of carbonyl (C=O) groups excluding carboxylic acids is 1. The topological polar surface area (TPSA) is 72.6 Å². The van der Waals surface area contributed by atoms with Crippen molar-refractivity contribution >= 4 is 17.6 Å². The Hall–Kier alpha value is -2.39. The molecule has 0 saturated carbocycles. The number of carbonyl (C=O) groups is 1. The molecule has 23 heavy (non-hydrogen) atoms. The van der Waals surface area contributed by atoms with E-state index in [-0.39, 0.29) is 24.1 Å². The lowest BCUT2D eigenvalue weighted by molar-refractivity contribution is -0.150. The molecule has 0 bridgehead atoms. The number of hydrogen-bond donors (Lipinski definition) is 0. The third-order valence-corrected chi connectivity index (χ3v) is 4.00. The van der Waals surface area contributed by atoms with E-state index in [1.165, 1.54) is 11.6 Å². The Balaban J connectivity index is 2.03.